The number of para-hydroxylation sites is 1. The van der Waals surface area contributed by atoms with Gasteiger partial charge in [0.15, 0.2) is 0 Å². The fraction of sp³-hybridized carbons (Fsp3) is 0.433. The minimum Gasteiger partial charge on any atom is -0.507 e. The van der Waals surface area contributed by atoms with Crippen LogP contribution in [0.3, 0.4) is 0 Å². The number of hydrogen-bond donors (Lipinski definition) is 3. The zero-order chi connectivity index (χ0) is 25.3. The van der Waals surface area contributed by atoms with Gasteiger partial charge in [0.05, 0.1) is 23.0 Å². The van der Waals surface area contributed by atoms with Crippen LogP contribution in [0.2, 0.25) is 0 Å². The monoisotopic (exact) mass is 497 g/mol. The number of anilines is 1. The molecule has 1 saturated carbocycles. The first kappa shape index (κ1) is 23.9. The van der Waals surface area contributed by atoms with Crippen molar-refractivity contribution in [3.63, 3.8) is 0 Å². The fourth-order valence-electron chi connectivity index (χ4n) is 6.49. The van der Waals surface area contributed by atoms with Crippen LogP contribution in [-0.4, -0.2) is 52.4 Å². The van der Waals surface area contributed by atoms with E-state index in [1.807, 2.05) is 36.4 Å². The number of piperidine rings is 2. The summed E-state index contributed by atoms with van der Waals surface area (Å²) in [6, 6.07) is 19.7. The van der Waals surface area contributed by atoms with Gasteiger partial charge < -0.3 is 20.6 Å². The van der Waals surface area contributed by atoms with E-state index in [4.69, 9.17) is 0 Å². The van der Waals surface area contributed by atoms with Gasteiger partial charge >= 0.3 is 0 Å². The molecule has 7 nitrogen and oxygen atoms in total. The maximum atomic E-state index is 14.0. The van der Waals surface area contributed by atoms with E-state index in [1.165, 1.54) is 19.3 Å². The molecule has 7 heteroatoms. The Morgan fingerprint density at radius 3 is 2.51 bits per heavy atom. The van der Waals surface area contributed by atoms with Gasteiger partial charge in [-0.2, -0.15) is 10.2 Å². The summed E-state index contributed by atoms with van der Waals surface area (Å²) in [6.07, 6.45) is 8.98. The van der Waals surface area contributed by atoms with Gasteiger partial charge in [-0.3, -0.25) is 4.79 Å². The molecule has 3 fully saturated rings. The van der Waals surface area contributed by atoms with E-state index in [1.54, 1.807) is 18.3 Å². The maximum Gasteiger partial charge on any atom is 0.231 e. The van der Waals surface area contributed by atoms with E-state index in [9.17, 15) is 9.90 Å². The molecule has 2 aliphatic heterocycles. The molecule has 3 aromatic rings. The lowest BCUT2D eigenvalue weighted by molar-refractivity contribution is -0.128. The van der Waals surface area contributed by atoms with Gasteiger partial charge in [-0.25, -0.2) is 0 Å². The molecule has 37 heavy (non-hydrogen) atoms. The Kier molecular flexibility index (Phi) is 6.32. The molecule has 0 bridgehead atoms. The van der Waals surface area contributed by atoms with Crippen molar-refractivity contribution in [1.29, 1.82) is 0 Å². The molecule has 3 aliphatic rings. The number of nitrogens with zero attached hydrogens (tertiary/aromatic N) is 3. The number of hydrogen-bond acceptors (Lipinski definition) is 6. The van der Waals surface area contributed by atoms with Crippen molar-refractivity contribution in [1.82, 2.24) is 20.8 Å². The summed E-state index contributed by atoms with van der Waals surface area (Å²) in [5.74, 6) is 0.358. The highest BCUT2D eigenvalue weighted by molar-refractivity contribution is 5.89. The highest BCUT2D eigenvalue weighted by atomic mass is 16.3. The van der Waals surface area contributed by atoms with Gasteiger partial charge in [0.25, 0.3) is 0 Å². The van der Waals surface area contributed by atoms with Crippen LogP contribution < -0.4 is 15.5 Å². The molecular weight excluding hydrogens is 462 g/mol. The van der Waals surface area contributed by atoms with Crippen LogP contribution in [0.1, 0.15) is 50.5 Å². The van der Waals surface area contributed by atoms with Crippen molar-refractivity contribution in [2.24, 2.45) is 0 Å². The van der Waals surface area contributed by atoms with Gasteiger partial charge in [0.2, 0.25) is 5.91 Å². The van der Waals surface area contributed by atoms with Crippen molar-refractivity contribution >= 4 is 11.6 Å². The molecule has 1 unspecified atom stereocenters. The third-order valence-corrected chi connectivity index (χ3v) is 8.84. The third kappa shape index (κ3) is 4.57. The number of carbonyl (C=O) groups excluding carboxylic acids is 1. The van der Waals surface area contributed by atoms with E-state index in [0.29, 0.717) is 11.3 Å². The van der Waals surface area contributed by atoms with E-state index >= 15 is 0 Å². The number of carbonyl (C=O) groups is 1. The zero-order valence-electron chi connectivity index (χ0n) is 21.2. The second-order valence-corrected chi connectivity index (χ2v) is 11.0. The van der Waals surface area contributed by atoms with Crippen LogP contribution in [0, 0.1) is 0 Å². The molecule has 3 N–H and O–H groups in total. The summed E-state index contributed by atoms with van der Waals surface area (Å²) in [7, 11) is 0. The van der Waals surface area contributed by atoms with Crippen LogP contribution in [0.25, 0.3) is 11.3 Å². The Balaban J connectivity index is 1.21. The SMILES string of the molecule is O=C(NC1CCNC2(CCC2)C1)C1(c2ccccc2)CCN(c2cnnc(-c3ccccc3O)c2)CC1. The number of rotatable bonds is 5. The number of aromatic hydroxyl groups is 1. The molecule has 2 saturated heterocycles. The van der Waals surface area contributed by atoms with Gasteiger partial charge in [-0.1, -0.05) is 42.5 Å². The van der Waals surface area contributed by atoms with E-state index < -0.39 is 5.41 Å². The topological polar surface area (TPSA) is 90.4 Å². The van der Waals surface area contributed by atoms with Crippen molar-refractivity contribution < 1.29 is 9.90 Å². The Morgan fingerprint density at radius 1 is 1.03 bits per heavy atom. The number of benzene rings is 2. The first-order valence-corrected chi connectivity index (χ1v) is 13.5. The molecule has 1 aromatic heterocycles. The van der Waals surface area contributed by atoms with Gasteiger partial charge in [-0.05, 0) is 75.3 Å². The lowest BCUT2D eigenvalue weighted by atomic mass is 9.69. The molecule has 6 rings (SSSR count). The van der Waals surface area contributed by atoms with Crippen molar-refractivity contribution in [3.05, 3.63) is 72.4 Å². The first-order chi connectivity index (χ1) is 18.1. The van der Waals surface area contributed by atoms with Gasteiger partial charge in [0.1, 0.15) is 5.75 Å². The second-order valence-electron chi connectivity index (χ2n) is 11.0. The fourth-order valence-corrected chi connectivity index (χ4v) is 6.49. The molecular formula is C30H35N5O2. The lowest BCUT2D eigenvalue weighted by Crippen LogP contribution is -2.61. The van der Waals surface area contributed by atoms with Crippen LogP contribution >= 0.6 is 0 Å². The molecule has 0 radical (unpaired) electrons. The highest BCUT2D eigenvalue weighted by Gasteiger charge is 2.46. The summed E-state index contributed by atoms with van der Waals surface area (Å²) in [5, 5.41) is 26.0. The molecule has 1 aliphatic carbocycles. The number of aromatic nitrogens is 2. The Morgan fingerprint density at radius 2 is 1.78 bits per heavy atom. The summed E-state index contributed by atoms with van der Waals surface area (Å²) in [6.45, 7) is 2.46. The molecule has 192 valence electrons. The van der Waals surface area contributed by atoms with Gasteiger partial charge in [0, 0.05) is 30.2 Å². The summed E-state index contributed by atoms with van der Waals surface area (Å²) >= 11 is 0. The minimum atomic E-state index is -0.545. The average Bonchev–Trinajstić information content (AvgIpc) is 2.93. The largest absolute Gasteiger partial charge is 0.507 e. The minimum absolute atomic E-state index is 0.169. The smallest absolute Gasteiger partial charge is 0.231 e. The molecule has 2 aromatic carbocycles. The standard InChI is InChI=1S/C30H35N5O2/c36-27-10-5-4-9-25(27)26-19-24(21-32-34-26)35-17-14-30(15-18-35,22-7-2-1-3-8-22)28(37)33-23-11-16-31-29(20-23)12-6-13-29/h1-5,7-10,19,21,23,31,36H,6,11-18,20H2,(H,33,37). The normalized spacial score (nSPS) is 22.3. The highest BCUT2D eigenvalue weighted by Crippen LogP contribution is 2.41. The number of phenols is 1. The summed E-state index contributed by atoms with van der Waals surface area (Å²) in [4.78, 5) is 16.3. The van der Waals surface area contributed by atoms with Crippen molar-refractivity contribution in [2.75, 3.05) is 24.5 Å². The lowest BCUT2D eigenvalue weighted by Gasteiger charge is -2.49. The van der Waals surface area contributed by atoms with Crippen molar-refractivity contribution in [2.45, 2.75) is 61.9 Å². The number of phenolic OH excluding ortho intramolecular Hbond substituents is 1. The van der Waals surface area contributed by atoms with E-state index in [0.717, 1.165) is 56.6 Å². The Bertz CT molecular complexity index is 1250. The van der Waals surface area contributed by atoms with Crippen LogP contribution in [-0.2, 0) is 10.2 Å². The predicted octanol–water partition coefficient (Wildman–Crippen LogP) is 4.18. The first-order valence-electron chi connectivity index (χ1n) is 13.5. The second kappa shape index (κ2) is 9.78. The quantitative estimate of drug-likeness (QED) is 0.490. The van der Waals surface area contributed by atoms with E-state index in [-0.39, 0.29) is 23.2 Å². The molecule has 1 amide bonds. The third-order valence-electron chi connectivity index (χ3n) is 8.84. The molecule has 1 spiro atoms. The van der Waals surface area contributed by atoms with Crippen LogP contribution in [0.5, 0.6) is 5.75 Å². The predicted molar refractivity (Wildman–Crippen MR) is 144 cm³/mol. The average molecular weight is 498 g/mol. The Labute approximate surface area is 218 Å². The molecule has 1 atom stereocenters. The number of nitrogens with one attached hydrogen (secondary N) is 2. The van der Waals surface area contributed by atoms with Crippen molar-refractivity contribution in [3.8, 4) is 17.0 Å². The van der Waals surface area contributed by atoms with Gasteiger partial charge in [-0.15, -0.1) is 0 Å². The zero-order valence-corrected chi connectivity index (χ0v) is 21.2. The van der Waals surface area contributed by atoms with Crippen LogP contribution in [0.4, 0.5) is 5.69 Å². The Hall–Kier alpha value is -3.45. The van der Waals surface area contributed by atoms with E-state index in [2.05, 4.69) is 37.9 Å². The number of amides is 1. The summed E-state index contributed by atoms with van der Waals surface area (Å²) in [5.41, 5.74) is 3.07. The summed E-state index contributed by atoms with van der Waals surface area (Å²) < 4.78 is 0. The van der Waals surface area contributed by atoms with Crippen LogP contribution in [0.15, 0.2) is 66.9 Å². The molecule has 3 heterocycles. The maximum absolute atomic E-state index is 14.0.